The van der Waals surface area contributed by atoms with E-state index in [1.165, 1.54) is 11.5 Å². The minimum atomic E-state index is 0.306. The van der Waals surface area contributed by atoms with Crippen LogP contribution in [-0.2, 0) is 11.4 Å². The molecule has 1 aromatic carbocycles. The molecule has 5 heteroatoms. The highest BCUT2D eigenvalue weighted by Gasteiger charge is 2.18. The molecule has 1 heterocycles. The molecule has 19 heavy (non-hydrogen) atoms. The fraction of sp³-hybridized carbons (Fsp3) is 0.571. The fourth-order valence-electron chi connectivity index (χ4n) is 2.15. The molecule has 4 nitrogen and oxygen atoms in total. The first-order valence-corrected chi connectivity index (χ1v) is 7.66. The Morgan fingerprint density at radius 1 is 1.26 bits per heavy atom. The first kappa shape index (κ1) is 14.5. The fourth-order valence-corrected chi connectivity index (χ4v) is 3.21. The number of nitrogens with one attached hydrogen (secondary N) is 1. The van der Waals surface area contributed by atoms with Crippen LogP contribution in [0.2, 0.25) is 0 Å². The molecular formula is C14H21NO3S. The lowest BCUT2D eigenvalue weighted by Crippen LogP contribution is -2.22. The normalized spacial score (nSPS) is 16.3. The van der Waals surface area contributed by atoms with Crippen molar-refractivity contribution in [2.24, 2.45) is 0 Å². The standard InChI is InChI=1S/C14H21NO3S/c1-16-14-11(10-15-17-2)4-3-5-13(14)18-12-6-8-19-9-7-12/h3-5,12,15H,6-10H2,1-2H3. The summed E-state index contributed by atoms with van der Waals surface area (Å²) in [5, 5.41) is 0. The lowest BCUT2D eigenvalue weighted by molar-refractivity contribution is 0.0859. The van der Waals surface area contributed by atoms with Crippen LogP contribution in [0.1, 0.15) is 18.4 Å². The van der Waals surface area contributed by atoms with E-state index in [-0.39, 0.29) is 0 Å². The van der Waals surface area contributed by atoms with Crippen LogP contribution in [0.15, 0.2) is 18.2 Å². The van der Waals surface area contributed by atoms with Gasteiger partial charge in [0.15, 0.2) is 11.5 Å². The van der Waals surface area contributed by atoms with E-state index in [0.717, 1.165) is 29.9 Å². The molecule has 1 aliphatic heterocycles. The zero-order valence-corrected chi connectivity index (χ0v) is 12.3. The molecule has 0 atom stereocenters. The number of methoxy groups -OCH3 is 1. The second-order valence-corrected chi connectivity index (χ2v) is 5.63. The van der Waals surface area contributed by atoms with Gasteiger partial charge >= 0.3 is 0 Å². The Balaban J connectivity index is 2.09. The molecular weight excluding hydrogens is 262 g/mol. The summed E-state index contributed by atoms with van der Waals surface area (Å²) in [4.78, 5) is 4.89. The average Bonchev–Trinajstić information content (AvgIpc) is 2.46. The van der Waals surface area contributed by atoms with Crippen LogP contribution in [0, 0.1) is 0 Å². The summed E-state index contributed by atoms with van der Waals surface area (Å²) in [6.07, 6.45) is 2.52. The minimum Gasteiger partial charge on any atom is -0.493 e. The Morgan fingerprint density at radius 3 is 2.74 bits per heavy atom. The third kappa shape index (κ3) is 4.03. The van der Waals surface area contributed by atoms with Gasteiger partial charge in [0.05, 0.1) is 14.2 Å². The number of hydrogen-bond donors (Lipinski definition) is 1. The van der Waals surface area contributed by atoms with Gasteiger partial charge in [-0.15, -0.1) is 0 Å². The van der Waals surface area contributed by atoms with E-state index in [1.54, 1.807) is 14.2 Å². The lowest BCUT2D eigenvalue weighted by Gasteiger charge is -2.24. The van der Waals surface area contributed by atoms with Gasteiger partial charge in [0.1, 0.15) is 6.10 Å². The Bertz CT molecular complexity index is 394. The van der Waals surface area contributed by atoms with Crippen molar-refractivity contribution in [2.75, 3.05) is 25.7 Å². The van der Waals surface area contributed by atoms with Gasteiger partial charge in [0.2, 0.25) is 0 Å². The van der Waals surface area contributed by atoms with Crippen molar-refractivity contribution < 1.29 is 14.3 Å². The molecule has 1 fully saturated rings. The van der Waals surface area contributed by atoms with E-state index in [1.807, 2.05) is 30.0 Å². The van der Waals surface area contributed by atoms with E-state index in [0.29, 0.717) is 12.6 Å². The van der Waals surface area contributed by atoms with Crippen LogP contribution >= 0.6 is 11.8 Å². The maximum atomic E-state index is 6.09. The first-order valence-electron chi connectivity index (χ1n) is 6.51. The molecule has 0 spiro atoms. The van der Waals surface area contributed by atoms with E-state index in [9.17, 15) is 0 Å². The number of benzene rings is 1. The van der Waals surface area contributed by atoms with Crippen molar-refractivity contribution in [3.05, 3.63) is 23.8 Å². The number of hydrogen-bond acceptors (Lipinski definition) is 5. The molecule has 0 bridgehead atoms. The van der Waals surface area contributed by atoms with Gasteiger partial charge < -0.3 is 14.3 Å². The Labute approximate surface area is 118 Å². The second kappa shape index (κ2) is 7.62. The van der Waals surface area contributed by atoms with Gasteiger partial charge in [-0.25, -0.2) is 0 Å². The molecule has 2 rings (SSSR count). The molecule has 1 N–H and O–H groups in total. The predicted octanol–water partition coefficient (Wildman–Crippen LogP) is 2.62. The lowest BCUT2D eigenvalue weighted by atomic mass is 10.1. The molecule has 0 aliphatic carbocycles. The van der Waals surface area contributed by atoms with Crippen LogP contribution in [0.5, 0.6) is 11.5 Å². The smallest absolute Gasteiger partial charge is 0.165 e. The largest absolute Gasteiger partial charge is 0.493 e. The molecule has 1 aromatic rings. The van der Waals surface area contributed by atoms with Gasteiger partial charge in [-0.3, -0.25) is 0 Å². The average molecular weight is 283 g/mol. The van der Waals surface area contributed by atoms with Crippen molar-refractivity contribution in [3.8, 4) is 11.5 Å². The number of thioether (sulfide) groups is 1. The maximum absolute atomic E-state index is 6.09. The summed E-state index contributed by atoms with van der Waals surface area (Å²) >= 11 is 2.00. The highest BCUT2D eigenvalue weighted by molar-refractivity contribution is 7.99. The van der Waals surface area contributed by atoms with Crippen molar-refractivity contribution in [1.82, 2.24) is 5.48 Å². The summed E-state index contributed by atoms with van der Waals surface area (Å²) in [5.74, 6) is 3.98. The zero-order valence-electron chi connectivity index (χ0n) is 11.5. The predicted molar refractivity (Wildman–Crippen MR) is 77.8 cm³/mol. The number of para-hydroxylation sites is 1. The summed E-state index contributed by atoms with van der Waals surface area (Å²) in [6.45, 7) is 0.595. The minimum absolute atomic E-state index is 0.306. The quantitative estimate of drug-likeness (QED) is 0.813. The van der Waals surface area contributed by atoms with Crippen LogP contribution in [0.3, 0.4) is 0 Å². The molecule has 0 aromatic heterocycles. The third-order valence-corrected chi connectivity index (χ3v) is 4.18. The van der Waals surface area contributed by atoms with E-state index in [2.05, 4.69) is 5.48 Å². The van der Waals surface area contributed by atoms with Crippen LogP contribution < -0.4 is 15.0 Å². The summed E-state index contributed by atoms with van der Waals surface area (Å²) in [7, 11) is 3.28. The number of rotatable bonds is 6. The molecule has 0 unspecified atom stereocenters. The molecule has 0 amide bonds. The monoisotopic (exact) mass is 283 g/mol. The highest BCUT2D eigenvalue weighted by Crippen LogP contribution is 2.33. The van der Waals surface area contributed by atoms with Crippen molar-refractivity contribution in [2.45, 2.75) is 25.5 Å². The molecule has 106 valence electrons. The van der Waals surface area contributed by atoms with Gasteiger partial charge in [-0.2, -0.15) is 17.2 Å². The van der Waals surface area contributed by atoms with Crippen molar-refractivity contribution >= 4 is 11.8 Å². The van der Waals surface area contributed by atoms with Gasteiger partial charge in [-0.1, -0.05) is 12.1 Å². The number of hydroxylamine groups is 1. The molecule has 1 aliphatic rings. The highest BCUT2D eigenvalue weighted by atomic mass is 32.2. The Kier molecular flexibility index (Phi) is 5.82. The van der Waals surface area contributed by atoms with Gasteiger partial charge in [-0.05, 0) is 30.4 Å². The SMILES string of the molecule is CONCc1cccc(OC2CCSCC2)c1OC. The maximum Gasteiger partial charge on any atom is 0.165 e. The first-order chi connectivity index (χ1) is 9.35. The molecule has 1 saturated heterocycles. The second-order valence-electron chi connectivity index (χ2n) is 4.40. The van der Waals surface area contributed by atoms with Crippen LogP contribution in [0.25, 0.3) is 0 Å². The van der Waals surface area contributed by atoms with Crippen molar-refractivity contribution in [3.63, 3.8) is 0 Å². The van der Waals surface area contributed by atoms with Gasteiger partial charge in [0, 0.05) is 12.1 Å². The summed E-state index contributed by atoms with van der Waals surface area (Å²) in [5.41, 5.74) is 3.87. The van der Waals surface area contributed by atoms with E-state index in [4.69, 9.17) is 14.3 Å². The number of ether oxygens (including phenoxy) is 2. The van der Waals surface area contributed by atoms with Crippen molar-refractivity contribution in [1.29, 1.82) is 0 Å². The van der Waals surface area contributed by atoms with E-state index >= 15 is 0 Å². The topological polar surface area (TPSA) is 39.7 Å². The molecule has 0 radical (unpaired) electrons. The van der Waals surface area contributed by atoms with Crippen LogP contribution in [-0.4, -0.2) is 31.8 Å². The third-order valence-electron chi connectivity index (χ3n) is 3.13. The summed E-state index contributed by atoms with van der Waals surface area (Å²) in [6, 6.07) is 5.97. The zero-order chi connectivity index (χ0) is 13.5. The molecule has 0 saturated carbocycles. The van der Waals surface area contributed by atoms with Crippen LogP contribution in [0.4, 0.5) is 0 Å². The Morgan fingerprint density at radius 2 is 2.05 bits per heavy atom. The summed E-state index contributed by atoms with van der Waals surface area (Å²) < 4.78 is 11.6. The van der Waals surface area contributed by atoms with E-state index < -0.39 is 0 Å². The van der Waals surface area contributed by atoms with Gasteiger partial charge in [0.25, 0.3) is 0 Å². The Hall–Kier alpha value is -0.910.